The van der Waals surface area contributed by atoms with Gasteiger partial charge in [0.1, 0.15) is 0 Å². The first-order valence-corrected chi connectivity index (χ1v) is 5.79. The third-order valence-corrected chi connectivity index (χ3v) is 3.17. The van der Waals surface area contributed by atoms with E-state index in [0.717, 1.165) is 11.6 Å². The van der Waals surface area contributed by atoms with Crippen LogP contribution in [0.25, 0.3) is 10.9 Å². The lowest BCUT2D eigenvalue weighted by Gasteiger charge is -2.06. The summed E-state index contributed by atoms with van der Waals surface area (Å²) >= 11 is 6.21. The van der Waals surface area contributed by atoms with E-state index in [9.17, 15) is 0 Å². The highest BCUT2D eigenvalue weighted by Crippen LogP contribution is 2.28. The number of rotatable bonds is 2. The molecular formula is C13H16ClN. The molecule has 0 aliphatic heterocycles. The minimum atomic E-state index is 0.551. The molecule has 1 aromatic heterocycles. The van der Waals surface area contributed by atoms with Crippen molar-refractivity contribution in [1.82, 2.24) is 4.57 Å². The molecule has 80 valence electrons. The number of benzene rings is 1. The van der Waals surface area contributed by atoms with Crippen molar-refractivity contribution in [2.24, 2.45) is 0 Å². The summed E-state index contributed by atoms with van der Waals surface area (Å²) in [5.41, 5.74) is 2.57. The van der Waals surface area contributed by atoms with E-state index >= 15 is 0 Å². The fourth-order valence-electron chi connectivity index (χ4n) is 1.89. The predicted octanol–water partition coefficient (Wildman–Crippen LogP) is 4.44. The molecule has 0 amide bonds. The minimum absolute atomic E-state index is 0.551. The Labute approximate surface area is 95.7 Å². The highest BCUT2D eigenvalue weighted by atomic mass is 35.5. The molecule has 2 rings (SSSR count). The first-order valence-electron chi connectivity index (χ1n) is 5.41. The summed E-state index contributed by atoms with van der Waals surface area (Å²) in [4.78, 5) is 0. The molecule has 1 heterocycles. The van der Waals surface area contributed by atoms with Gasteiger partial charge >= 0.3 is 0 Å². The number of aryl methyl sites for hydroxylation is 1. The first-order chi connectivity index (χ1) is 7.13. The second kappa shape index (κ2) is 3.90. The quantitative estimate of drug-likeness (QED) is 0.707. The van der Waals surface area contributed by atoms with Crippen LogP contribution < -0.4 is 0 Å². The molecular weight excluding hydrogens is 206 g/mol. The van der Waals surface area contributed by atoms with Gasteiger partial charge in [0.05, 0.1) is 5.02 Å². The molecule has 15 heavy (non-hydrogen) atoms. The van der Waals surface area contributed by atoms with Crippen LogP contribution in [0.5, 0.6) is 0 Å². The van der Waals surface area contributed by atoms with Crippen LogP contribution in [0.4, 0.5) is 0 Å². The van der Waals surface area contributed by atoms with E-state index in [2.05, 4.69) is 43.5 Å². The number of hydrogen-bond acceptors (Lipinski definition) is 0. The van der Waals surface area contributed by atoms with Gasteiger partial charge in [-0.2, -0.15) is 0 Å². The number of aromatic nitrogens is 1. The molecule has 0 bridgehead atoms. The van der Waals surface area contributed by atoms with Crippen LogP contribution >= 0.6 is 11.6 Å². The summed E-state index contributed by atoms with van der Waals surface area (Å²) in [7, 11) is 0. The van der Waals surface area contributed by atoms with Gasteiger partial charge in [0.25, 0.3) is 0 Å². The SMILES string of the molecule is CCn1cc(Cl)c2cc(C(C)C)ccc21. The van der Waals surface area contributed by atoms with Crippen molar-refractivity contribution in [2.75, 3.05) is 0 Å². The molecule has 0 saturated heterocycles. The van der Waals surface area contributed by atoms with E-state index in [4.69, 9.17) is 11.6 Å². The normalized spacial score (nSPS) is 11.5. The number of nitrogens with zero attached hydrogens (tertiary/aromatic N) is 1. The van der Waals surface area contributed by atoms with Crippen molar-refractivity contribution in [3.63, 3.8) is 0 Å². The van der Waals surface area contributed by atoms with E-state index in [1.807, 2.05) is 6.20 Å². The lowest BCUT2D eigenvalue weighted by Crippen LogP contribution is -1.91. The van der Waals surface area contributed by atoms with Crippen LogP contribution in [0.15, 0.2) is 24.4 Å². The fraction of sp³-hybridized carbons (Fsp3) is 0.385. The van der Waals surface area contributed by atoms with E-state index in [1.54, 1.807) is 0 Å². The number of fused-ring (bicyclic) bond motifs is 1. The largest absolute Gasteiger partial charge is 0.346 e. The van der Waals surface area contributed by atoms with Crippen molar-refractivity contribution < 1.29 is 0 Å². The van der Waals surface area contributed by atoms with Gasteiger partial charge in [0.2, 0.25) is 0 Å². The zero-order chi connectivity index (χ0) is 11.0. The highest BCUT2D eigenvalue weighted by Gasteiger charge is 2.07. The molecule has 0 atom stereocenters. The Hall–Kier alpha value is -0.950. The van der Waals surface area contributed by atoms with Crippen LogP contribution in [-0.4, -0.2) is 4.57 Å². The molecule has 0 saturated carbocycles. The maximum Gasteiger partial charge on any atom is 0.0661 e. The lowest BCUT2D eigenvalue weighted by atomic mass is 10.0. The number of hydrogen-bond donors (Lipinski definition) is 0. The Morgan fingerprint density at radius 2 is 2.07 bits per heavy atom. The van der Waals surface area contributed by atoms with E-state index in [1.165, 1.54) is 16.5 Å². The Morgan fingerprint density at radius 3 is 2.67 bits per heavy atom. The van der Waals surface area contributed by atoms with E-state index in [-0.39, 0.29) is 0 Å². The molecule has 0 aliphatic carbocycles. The van der Waals surface area contributed by atoms with Gasteiger partial charge in [-0.15, -0.1) is 0 Å². The van der Waals surface area contributed by atoms with E-state index in [0.29, 0.717) is 5.92 Å². The molecule has 0 N–H and O–H groups in total. The van der Waals surface area contributed by atoms with Crippen LogP contribution in [0.3, 0.4) is 0 Å². The van der Waals surface area contributed by atoms with Crippen LogP contribution in [0.2, 0.25) is 5.02 Å². The monoisotopic (exact) mass is 221 g/mol. The summed E-state index contributed by atoms with van der Waals surface area (Å²) < 4.78 is 2.18. The molecule has 0 fully saturated rings. The molecule has 0 aliphatic rings. The molecule has 1 aromatic carbocycles. The van der Waals surface area contributed by atoms with Gasteiger partial charge in [-0.3, -0.25) is 0 Å². The van der Waals surface area contributed by atoms with Crippen molar-refractivity contribution in [2.45, 2.75) is 33.2 Å². The van der Waals surface area contributed by atoms with Gasteiger partial charge in [0.15, 0.2) is 0 Å². The van der Waals surface area contributed by atoms with Crippen molar-refractivity contribution >= 4 is 22.5 Å². The average Bonchev–Trinajstić information content (AvgIpc) is 2.55. The van der Waals surface area contributed by atoms with Crippen LogP contribution in [-0.2, 0) is 6.54 Å². The Bertz CT molecular complexity index is 482. The Kier molecular flexibility index (Phi) is 2.74. The van der Waals surface area contributed by atoms with Crippen molar-refractivity contribution in [3.8, 4) is 0 Å². The van der Waals surface area contributed by atoms with Gasteiger partial charge < -0.3 is 4.57 Å². The van der Waals surface area contributed by atoms with Crippen molar-refractivity contribution in [3.05, 3.63) is 35.0 Å². The average molecular weight is 222 g/mol. The summed E-state index contributed by atoms with van der Waals surface area (Å²) in [5.74, 6) is 0.551. The fourth-order valence-corrected chi connectivity index (χ4v) is 2.16. The zero-order valence-corrected chi connectivity index (χ0v) is 10.2. The third-order valence-electron chi connectivity index (χ3n) is 2.86. The molecule has 0 spiro atoms. The minimum Gasteiger partial charge on any atom is -0.346 e. The highest BCUT2D eigenvalue weighted by molar-refractivity contribution is 6.35. The van der Waals surface area contributed by atoms with E-state index < -0.39 is 0 Å². The smallest absolute Gasteiger partial charge is 0.0661 e. The van der Waals surface area contributed by atoms with Gasteiger partial charge in [0, 0.05) is 23.6 Å². The Morgan fingerprint density at radius 1 is 1.33 bits per heavy atom. The molecule has 2 aromatic rings. The molecule has 2 heteroatoms. The summed E-state index contributed by atoms with van der Waals surface area (Å²) in [6.07, 6.45) is 2.01. The van der Waals surface area contributed by atoms with Crippen LogP contribution in [0.1, 0.15) is 32.3 Å². The van der Waals surface area contributed by atoms with Crippen LogP contribution in [0, 0.1) is 0 Å². The molecule has 0 radical (unpaired) electrons. The van der Waals surface area contributed by atoms with Gasteiger partial charge in [-0.05, 0) is 30.5 Å². The summed E-state index contributed by atoms with van der Waals surface area (Å²) in [6, 6.07) is 6.56. The summed E-state index contributed by atoms with van der Waals surface area (Å²) in [6.45, 7) is 7.49. The lowest BCUT2D eigenvalue weighted by molar-refractivity contribution is 0.797. The number of halogens is 1. The predicted molar refractivity (Wildman–Crippen MR) is 66.7 cm³/mol. The maximum absolute atomic E-state index is 6.21. The maximum atomic E-state index is 6.21. The summed E-state index contributed by atoms with van der Waals surface area (Å²) in [5, 5.41) is 2.03. The second-order valence-corrected chi connectivity index (χ2v) is 4.60. The molecule has 1 nitrogen and oxygen atoms in total. The molecule has 0 unspecified atom stereocenters. The Balaban J connectivity index is 2.66. The third kappa shape index (κ3) is 1.76. The first kappa shape index (κ1) is 10.6. The second-order valence-electron chi connectivity index (χ2n) is 4.19. The van der Waals surface area contributed by atoms with Gasteiger partial charge in [-0.25, -0.2) is 0 Å². The zero-order valence-electron chi connectivity index (χ0n) is 9.42. The topological polar surface area (TPSA) is 4.93 Å². The van der Waals surface area contributed by atoms with Gasteiger partial charge in [-0.1, -0.05) is 31.5 Å². The van der Waals surface area contributed by atoms with Crippen molar-refractivity contribution in [1.29, 1.82) is 0 Å². The standard InChI is InChI=1S/C13H16ClN/c1-4-15-8-12(14)11-7-10(9(2)3)5-6-13(11)15/h5-9H,4H2,1-3H3.